The number of methoxy groups -OCH3 is 1. The minimum absolute atomic E-state index is 0.714. The van der Waals surface area contributed by atoms with E-state index in [-0.39, 0.29) is 0 Å². The zero-order valence-electron chi connectivity index (χ0n) is 12.4. The van der Waals surface area contributed by atoms with Gasteiger partial charge in [-0.1, -0.05) is 26.0 Å². The van der Waals surface area contributed by atoms with E-state index >= 15 is 0 Å². The van der Waals surface area contributed by atoms with Crippen LogP contribution < -0.4 is 10.1 Å². The molecule has 0 aliphatic carbocycles. The van der Waals surface area contributed by atoms with Crippen LogP contribution in [-0.2, 0) is 6.42 Å². The van der Waals surface area contributed by atoms with Crippen LogP contribution in [0, 0.1) is 5.92 Å². The van der Waals surface area contributed by atoms with Crippen LogP contribution in [0.1, 0.15) is 25.8 Å². The molecule has 0 radical (unpaired) electrons. The monoisotopic (exact) mass is 281 g/mol. The van der Waals surface area contributed by atoms with E-state index in [1.54, 1.807) is 7.11 Å². The van der Waals surface area contributed by atoms with Crippen molar-refractivity contribution < 1.29 is 4.74 Å². The number of hydrogen-bond acceptors (Lipinski definition) is 3. The van der Waals surface area contributed by atoms with Gasteiger partial charge in [-0.15, -0.1) is 0 Å². The predicted molar refractivity (Wildman–Crippen MR) is 86.3 cm³/mol. The Balaban J connectivity index is 2.53. The fourth-order valence-corrected chi connectivity index (χ4v) is 2.94. The molecule has 0 aliphatic heterocycles. The highest BCUT2D eigenvalue weighted by atomic mass is 32.2. The lowest BCUT2D eigenvalue weighted by atomic mass is 9.96. The zero-order valence-corrected chi connectivity index (χ0v) is 13.3. The topological polar surface area (TPSA) is 21.3 Å². The molecule has 3 heteroatoms. The smallest absolute Gasteiger partial charge is 0.119 e. The number of ether oxygens (including phenoxy) is 1. The van der Waals surface area contributed by atoms with Gasteiger partial charge in [0.2, 0.25) is 0 Å². The average molecular weight is 281 g/mol. The van der Waals surface area contributed by atoms with E-state index in [9.17, 15) is 0 Å². The van der Waals surface area contributed by atoms with E-state index in [0.29, 0.717) is 5.92 Å². The summed E-state index contributed by atoms with van der Waals surface area (Å²) in [5.74, 6) is 4.15. The first kappa shape index (κ1) is 16.4. The number of thioether (sulfide) groups is 1. The van der Waals surface area contributed by atoms with Crippen molar-refractivity contribution in [2.45, 2.75) is 26.7 Å². The van der Waals surface area contributed by atoms with Gasteiger partial charge < -0.3 is 10.1 Å². The van der Waals surface area contributed by atoms with Gasteiger partial charge in [0.05, 0.1) is 7.11 Å². The minimum Gasteiger partial charge on any atom is -0.497 e. The first-order valence-corrected chi connectivity index (χ1v) is 8.37. The Morgan fingerprint density at radius 2 is 2.16 bits per heavy atom. The molecule has 0 spiro atoms. The predicted octanol–water partition coefficient (Wildman–Crippen LogP) is 3.61. The van der Waals surface area contributed by atoms with E-state index in [4.69, 9.17) is 4.74 Å². The average Bonchev–Trinajstić information content (AvgIpc) is 2.45. The maximum absolute atomic E-state index is 5.30. The second kappa shape index (κ2) is 10.2. The molecule has 0 fully saturated rings. The molecule has 1 aromatic rings. The van der Waals surface area contributed by atoms with Crippen LogP contribution in [0.3, 0.4) is 0 Å². The summed E-state index contributed by atoms with van der Waals surface area (Å²) in [7, 11) is 1.73. The third kappa shape index (κ3) is 6.88. The van der Waals surface area contributed by atoms with Gasteiger partial charge in [0.15, 0.2) is 0 Å². The van der Waals surface area contributed by atoms with E-state index in [1.807, 2.05) is 17.8 Å². The number of hydrogen-bond donors (Lipinski definition) is 1. The van der Waals surface area contributed by atoms with Gasteiger partial charge in [-0.25, -0.2) is 0 Å². The van der Waals surface area contributed by atoms with Crippen LogP contribution in [0.25, 0.3) is 0 Å². The van der Waals surface area contributed by atoms with Gasteiger partial charge in [0, 0.05) is 0 Å². The summed E-state index contributed by atoms with van der Waals surface area (Å²) >= 11 is 2.04. The van der Waals surface area contributed by atoms with Gasteiger partial charge in [-0.2, -0.15) is 11.8 Å². The summed E-state index contributed by atoms with van der Waals surface area (Å²) in [4.78, 5) is 0. The lowest BCUT2D eigenvalue weighted by Gasteiger charge is -2.17. The Kier molecular flexibility index (Phi) is 8.76. The molecule has 0 aliphatic rings. The minimum atomic E-state index is 0.714. The number of benzene rings is 1. The lowest BCUT2D eigenvalue weighted by Crippen LogP contribution is -2.24. The standard InChI is InChI=1S/C16H27NOS/c1-4-17-13-15(9-10-19-5-2)11-14-7-6-8-16(12-14)18-3/h6-8,12,15,17H,4-5,9-11,13H2,1-3H3. The third-order valence-corrected chi connectivity index (χ3v) is 4.15. The summed E-state index contributed by atoms with van der Waals surface area (Å²) in [6.07, 6.45) is 2.41. The Hall–Kier alpha value is -0.670. The van der Waals surface area contributed by atoms with Gasteiger partial charge >= 0.3 is 0 Å². The van der Waals surface area contributed by atoms with Crippen LogP contribution in [-0.4, -0.2) is 31.7 Å². The molecule has 0 amide bonds. The summed E-state index contributed by atoms with van der Waals surface area (Å²) in [6.45, 7) is 6.56. The highest BCUT2D eigenvalue weighted by Gasteiger charge is 2.09. The van der Waals surface area contributed by atoms with Crippen molar-refractivity contribution in [3.05, 3.63) is 29.8 Å². The van der Waals surface area contributed by atoms with E-state index in [2.05, 4.69) is 37.4 Å². The highest BCUT2D eigenvalue weighted by molar-refractivity contribution is 7.99. The summed E-state index contributed by atoms with van der Waals surface area (Å²) < 4.78 is 5.30. The van der Waals surface area contributed by atoms with Crippen molar-refractivity contribution in [3.63, 3.8) is 0 Å². The van der Waals surface area contributed by atoms with Gasteiger partial charge in [-0.05, 0) is 61.1 Å². The Labute approximate surface area is 122 Å². The lowest BCUT2D eigenvalue weighted by molar-refractivity contribution is 0.413. The molecule has 1 atom stereocenters. The molecule has 2 nitrogen and oxygen atoms in total. The SMILES string of the molecule is CCNCC(CCSCC)Cc1cccc(OC)c1. The second-order valence-corrected chi connectivity index (χ2v) is 6.11. The first-order chi connectivity index (χ1) is 9.30. The van der Waals surface area contributed by atoms with Crippen LogP contribution >= 0.6 is 11.8 Å². The van der Waals surface area contributed by atoms with Crippen molar-refractivity contribution in [3.8, 4) is 5.75 Å². The molecule has 0 saturated carbocycles. The Morgan fingerprint density at radius 1 is 1.32 bits per heavy atom. The molecule has 1 unspecified atom stereocenters. The molecule has 0 saturated heterocycles. The fourth-order valence-electron chi connectivity index (χ4n) is 2.15. The third-order valence-electron chi connectivity index (χ3n) is 3.22. The maximum Gasteiger partial charge on any atom is 0.119 e. The molecular formula is C16H27NOS. The molecule has 0 aromatic heterocycles. The largest absolute Gasteiger partial charge is 0.497 e. The van der Waals surface area contributed by atoms with Crippen molar-refractivity contribution >= 4 is 11.8 Å². The van der Waals surface area contributed by atoms with Gasteiger partial charge in [-0.3, -0.25) is 0 Å². The van der Waals surface area contributed by atoms with Gasteiger partial charge in [0.1, 0.15) is 5.75 Å². The summed E-state index contributed by atoms with van der Waals surface area (Å²) in [5.41, 5.74) is 1.38. The van der Waals surface area contributed by atoms with Gasteiger partial charge in [0.25, 0.3) is 0 Å². The number of rotatable bonds is 10. The van der Waals surface area contributed by atoms with E-state index in [0.717, 1.165) is 25.3 Å². The van der Waals surface area contributed by atoms with Crippen molar-refractivity contribution in [2.24, 2.45) is 5.92 Å². The zero-order chi connectivity index (χ0) is 13.9. The molecular weight excluding hydrogens is 254 g/mol. The van der Waals surface area contributed by atoms with Crippen LogP contribution in [0.4, 0.5) is 0 Å². The maximum atomic E-state index is 5.30. The molecule has 1 rings (SSSR count). The Morgan fingerprint density at radius 3 is 2.84 bits per heavy atom. The summed E-state index contributed by atoms with van der Waals surface area (Å²) in [6, 6.07) is 8.45. The molecule has 19 heavy (non-hydrogen) atoms. The van der Waals surface area contributed by atoms with Crippen LogP contribution in [0.15, 0.2) is 24.3 Å². The first-order valence-electron chi connectivity index (χ1n) is 7.21. The number of nitrogens with one attached hydrogen (secondary N) is 1. The van der Waals surface area contributed by atoms with Crippen LogP contribution in [0.5, 0.6) is 5.75 Å². The van der Waals surface area contributed by atoms with E-state index in [1.165, 1.54) is 23.5 Å². The van der Waals surface area contributed by atoms with Crippen molar-refractivity contribution in [1.29, 1.82) is 0 Å². The molecule has 0 heterocycles. The van der Waals surface area contributed by atoms with Crippen molar-refractivity contribution in [2.75, 3.05) is 31.7 Å². The normalized spacial score (nSPS) is 12.4. The molecule has 1 N–H and O–H groups in total. The second-order valence-electron chi connectivity index (χ2n) is 4.71. The molecule has 108 valence electrons. The molecule has 0 bridgehead atoms. The van der Waals surface area contributed by atoms with E-state index < -0.39 is 0 Å². The quantitative estimate of drug-likeness (QED) is 0.662. The van der Waals surface area contributed by atoms with Crippen LogP contribution in [0.2, 0.25) is 0 Å². The fraction of sp³-hybridized carbons (Fsp3) is 0.625. The molecule has 1 aromatic carbocycles. The summed E-state index contributed by atoms with van der Waals surface area (Å²) in [5, 5.41) is 3.48. The Bertz CT molecular complexity index is 343. The van der Waals surface area contributed by atoms with Crippen molar-refractivity contribution in [1.82, 2.24) is 5.32 Å². The highest BCUT2D eigenvalue weighted by Crippen LogP contribution is 2.19.